The second-order valence-electron chi connectivity index (χ2n) is 5.90. The molecule has 0 aliphatic carbocycles. The Morgan fingerprint density at radius 1 is 1.12 bits per heavy atom. The van der Waals surface area contributed by atoms with E-state index in [1.807, 2.05) is 0 Å². The number of esters is 1. The average Bonchev–Trinajstić information content (AvgIpc) is 2.84. The highest BCUT2D eigenvalue weighted by Gasteiger charge is 2.16. The van der Waals surface area contributed by atoms with Crippen molar-refractivity contribution in [2.24, 2.45) is 0 Å². The van der Waals surface area contributed by atoms with Crippen molar-refractivity contribution in [1.29, 1.82) is 0 Å². The predicted octanol–water partition coefficient (Wildman–Crippen LogP) is 2.02. The third-order valence-corrected chi connectivity index (χ3v) is 5.57. The van der Waals surface area contributed by atoms with Crippen LogP contribution in [-0.4, -0.2) is 52.1 Å². The van der Waals surface area contributed by atoms with Crippen LogP contribution in [0.5, 0.6) is 0 Å². The summed E-state index contributed by atoms with van der Waals surface area (Å²) in [5, 5.41) is 0. The third-order valence-electron chi connectivity index (χ3n) is 4.09. The molecule has 1 fully saturated rings. The number of ether oxygens (including phenoxy) is 1. The van der Waals surface area contributed by atoms with E-state index in [2.05, 4.69) is 9.62 Å². The van der Waals surface area contributed by atoms with Crippen LogP contribution in [0.2, 0.25) is 0 Å². The highest BCUT2D eigenvalue weighted by atomic mass is 32.2. The van der Waals surface area contributed by atoms with Crippen LogP contribution in [0.3, 0.4) is 0 Å². The number of likely N-dealkylation sites (tertiary alicyclic amines) is 1. The highest BCUT2D eigenvalue weighted by molar-refractivity contribution is 7.89. The molecule has 0 unspecified atom stereocenters. The monoisotopic (exact) mass is 354 g/mol. The Morgan fingerprint density at radius 3 is 2.33 bits per heavy atom. The van der Waals surface area contributed by atoms with E-state index < -0.39 is 16.0 Å². The van der Waals surface area contributed by atoms with Gasteiger partial charge >= 0.3 is 5.97 Å². The van der Waals surface area contributed by atoms with E-state index in [4.69, 9.17) is 4.74 Å². The molecule has 1 aliphatic rings. The molecule has 1 aromatic carbocycles. The summed E-state index contributed by atoms with van der Waals surface area (Å²) in [4.78, 5) is 14.1. The van der Waals surface area contributed by atoms with Gasteiger partial charge in [0.2, 0.25) is 10.0 Å². The lowest BCUT2D eigenvalue weighted by Crippen LogP contribution is -2.35. The Balaban J connectivity index is 1.88. The standard InChI is InChI=1S/C17H26N2O4S/c1-2-23-17(20)15-7-9-16(10-8-15)24(21,22)18-11-14-19-12-5-3-4-6-13-19/h7-10,18H,2-6,11-14H2,1H3. The Morgan fingerprint density at radius 2 is 1.75 bits per heavy atom. The van der Waals surface area contributed by atoms with Gasteiger partial charge in [-0.05, 0) is 57.1 Å². The van der Waals surface area contributed by atoms with Crippen LogP contribution in [0, 0.1) is 0 Å². The molecule has 7 heteroatoms. The van der Waals surface area contributed by atoms with E-state index in [-0.39, 0.29) is 11.5 Å². The van der Waals surface area contributed by atoms with Gasteiger partial charge in [-0.2, -0.15) is 0 Å². The molecule has 0 aromatic heterocycles. The Kier molecular flexibility index (Phi) is 7.20. The molecule has 1 aliphatic heterocycles. The fourth-order valence-electron chi connectivity index (χ4n) is 2.77. The number of carbonyl (C=O) groups excluding carboxylic acids is 1. The fraction of sp³-hybridized carbons (Fsp3) is 0.588. The number of sulfonamides is 1. The zero-order valence-corrected chi connectivity index (χ0v) is 15.0. The summed E-state index contributed by atoms with van der Waals surface area (Å²) < 4.78 is 32.1. The number of hydrogen-bond donors (Lipinski definition) is 1. The number of nitrogens with zero attached hydrogens (tertiary/aromatic N) is 1. The summed E-state index contributed by atoms with van der Waals surface area (Å²) in [5.74, 6) is -0.449. The molecule has 6 nitrogen and oxygen atoms in total. The summed E-state index contributed by atoms with van der Waals surface area (Å²) in [6.07, 6.45) is 4.88. The molecule has 2 rings (SSSR count). The van der Waals surface area contributed by atoms with E-state index in [1.54, 1.807) is 6.92 Å². The fourth-order valence-corrected chi connectivity index (χ4v) is 3.79. The van der Waals surface area contributed by atoms with Crippen LogP contribution >= 0.6 is 0 Å². The lowest BCUT2D eigenvalue weighted by atomic mass is 10.2. The molecule has 1 saturated heterocycles. The molecule has 0 atom stereocenters. The Labute approximate surface area is 144 Å². The van der Waals surface area contributed by atoms with Crippen molar-refractivity contribution in [2.75, 3.05) is 32.8 Å². The first-order chi connectivity index (χ1) is 11.5. The van der Waals surface area contributed by atoms with Crippen LogP contribution in [0.4, 0.5) is 0 Å². The summed E-state index contributed by atoms with van der Waals surface area (Å²) in [5.41, 5.74) is 0.348. The summed E-state index contributed by atoms with van der Waals surface area (Å²) in [7, 11) is -3.55. The number of benzene rings is 1. The Hall–Kier alpha value is -1.44. The van der Waals surface area contributed by atoms with Gasteiger partial charge in [0.25, 0.3) is 0 Å². The first-order valence-electron chi connectivity index (χ1n) is 8.52. The molecule has 0 saturated carbocycles. The smallest absolute Gasteiger partial charge is 0.338 e. The van der Waals surface area contributed by atoms with Crippen LogP contribution in [0.15, 0.2) is 29.2 Å². The minimum absolute atomic E-state index is 0.159. The normalized spacial score (nSPS) is 16.5. The maximum Gasteiger partial charge on any atom is 0.338 e. The van der Waals surface area contributed by atoms with E-state index in [9.17, 15) is 13.2 Å². The molecule has 0 radical (unpaired) electrons. The zero-order valence-electron chi connectivity index (χ0n) is 14.2. The van der Waals surface area contributed by atoms with Gasteiger partial charge in [-0.15, -0.1) is 0 Å². The second-order valence-corrected chi connectivity index (χ2v) is 7.67. The molecule has 0 spiro atoms. The molecule has 24 heavy (non-hydrogen) atoms. The van der Waals surface area contributed by atoms with Crippen molar-refractivity contribution in [3.05, 3.63) is 29.8 Å². The van der Waals surface area contributed by atoms with E-state index in [0.717, 1.165) is 19.6 Å². The van der Waals surface area contributed by atoms with Crippen molar-refractivity contribution < 1.29 is 17.9 Å². The van der Waals surface area contributed by atoms with Gasteiger partial charge in [0.15, 0.2) is 0 Å². The average molecular weight is 354 g/mol. The summed E-state index contributed by atoms with van der Waals surface area (Å²) >= 11 is 0. The zero-order chi connectivity index (χ0) is 17.4. The number of rotatable bonds is 7. The number of hydrogen-bond acceptors (Lipinski definition) is 5. The van der Waals surface area contributed by atoms with Crippen molar-refractivity contribution in [1.82, 2.24) is 9.62 Å². The van der Waals surface area contributed by atoms with Crippen LogP contribution in [-0.2, 0) is 14.8 Å². The lowest BCUT2D eigenvalue weighted by molar-refractivity contribution is 0.0526. The number of carbonyl (C=O) groups is 1. The van der Waals surface area contributed by atoms with Gasteiger partial charge in [0.1, 0.15) is 0 Å². The molecule has 1 aromatic rings. The van der Waals surface area contributed by atoms with Crippen LogP contribution < -0.4 is 4.72 Å². The van der Waals surface area contributed by atoms with E-state index in [0.29, 0.717) is 12.1 Å². The van der Waals surface area contributed by atoms with Crippen molar-refractivity contribution in [3.8, 4) is 0 Å². The van der Waals surface area contributed by atoms with Crippen molar-refractivity contribution in [3.63, 3.8) is 0 Å². The van der Waals surface area contributed by atoms with Gasteiger partial charge in [-0.25, -0.2) is 17.9 Å². The molecule has 1 N–H and O–H groups in total. The van der Waals surface area contributed by atoms with Gasteiger partial charge < -0.3 is 9.64 Å². The molecule has 0 bridgehead atoms. The minimum atomic E-state index is -3.55. The third kappa shape index (κ3) is 5.58. The van der Waals surface area contributed by atoms with Crippen LogP contribution in [0.1, 0.15) is 43.0 Å². The predicted molar refractivity (Wildman–Crippen MR) is 92.5 cm³/mol. The highest BCUT2D eigenvalue weighted by Crippen LogP contribution is 2.12. The summed E-state index contributed by atoms with van der Waals surface area (Å²) in [6, 6.07) is 5.81. The molecule has 0 amide bonds. The second kappa shape index (κ2) is 9.15. The molecular weight excluding hydrogens is 328 g/mol. The van der Waals surface area contributed by atoms with Crippen molar-refractivity contribution in [2.45, 2.75) is 37.5 Å². The number of nitrogens with one attached hydrogen (secondary N) is 1. The topological polar surface area (TPSA) is 75.7 Å². The van der Waals surface area contributed by atoms with Gasteiger partial charge in [-0.3, -0.25) is 0 Å². The first-order valence-corrected chi connectivity index (χ1v) is 10.0. The maximum atomic E-state index is 12.3. The van der Waals surface area contributed by atoms with E-state index in [1.165, 1.54) is 49.9 Å². The molecule has 1 heterocycles. The van der Waals surface area contributed by atoms with E-state index >= 15 is 0 Å². The van der Waals surface area contributed by atoms with Crippen LogP contribution in [0.25, 0.3) is 0 Å². The Bertz CT molecular complexity index is 620. The molecular formula is C17H26N2O4S. The lowest BCUT2D eigenvalue weighted by Gasteiger charge is -2.19. The van der Waals surface area contributed by atoms with Gasteiger partial charge in [0, 0.05) is 13.1 Å². The quantitative estimate of drug-likeness (QED) is 0.758. The van der Waals surface area contributed by atoms with Gasteiger partial charge in [-0.1, -0.05) is 12.8 Å². The first kappa shape index (κ1) is 18.9. The summed E-state index contributed by atoms with van der Waals surface area (Å²) in [6.45, 7) is 5.20. The largest absolute Gasteiger partial charge is 0.462 e. The SMILES string of the molecule is CCOC(=O)c1ccc(S(=O)(=O)NCCN2CCCCCC2)cc1. The van der Waals surface area contributed by atoms with Gasteiger partial charge in [0.05, 0.1) is 17.1 Å². The molecule has 134 valence electrons. The van der Waals surface area contributed by atoms with Crippen molar-refractivity contribution >= 4 is 16.0 Å². The maximum absolute atomic E-state index is 12.3. The minimum Gasteiger partial charge on any atom is -0.462 e.